The summed E-state index contributed by atoms with van der Waals surface area (Å²) in [4.78, 5) is 30.2. The molecule has 1 fully saturated rings. The topological polar surface area (TPSA) is 83.6 Å². The van der Waals surface area contributed by atoms with Crippen LogP contribution in [0.4, 0.5) is 0 Å². The Morgan fingerprint density at radius 3 is 2.62 bits per heavy atom. The van der Waals surface area contributed by atoms with Crippen LogP contribution in [0.5, 0.6) is 5.75 Å². The van der Waals surface area contributed by atoms with E-state index >= 15 is 0 Å². The number of hydrogen-bond donors (Lipinski definition) is 2. The van der Waals surface area contributed by atoms with Crippen molar-refractivity contribution in [3.63, 3.8) is 0 Å². The maximum Gasteiger partial charge on any atom is 0.269 e. The van der Waals surface area contributed by atoms with Crippen molar-refractivity contribution in [2.24, 2.45) is 0 Å². The molecule has 2 amide bonds. The van der Waals surface area contributed by atoms with E-state index in [1.54, 1.807) is 26.3 Å². The molecule has 0 aliphatic carbocycles. The van der Waals surface area contributed by atoms with Gasteiger partial charge in [0, 0.05) is 38.9 Å². The number of piperazine rings is 1. The van der Waals surface area contributed by atoms with Gasteiger partial charge in [-0.3, -0.25) is 14.6 Å². The molecule has 136 valence electrons. The smallest absolute Gasteiger partial charge is 0.269 e. The molecule has 26 heavy (non-hydrogen) atoms. The molecule has 0 spiro atoms. The van der Waals surface area contributed by atoms with Crippen molar-refractivity contribution in [1.29, 1.82) is 0 Å². The minimum atomic E-state index is -0.272. The number of amides is 2. The minimum absolute atomic E-state index is 0.0664. The van der Waals surface area contributed by atoms with Crippen LogP contribution in [-0.4, -0.2) is 55.5 Å². The number of aromatic nitrogens is 1. The summed E-state index contributed by atoms with van der Waals surface area (Å²) < 4.78 is 5.19. The number of benzene rings is 1. The highest BCUT2D eigenvalue weighted by Gasteiger charge is 2.25. The first-order chi connectivity index (χ1) is 12.6. The van der Waals surface area contributed by atoms with Crippen LogP contribution in [0.2, 0.25) is 0 Å². The van der Waals surface area contributed by atoms with E-state index in [0.717, 1.165) is 11.3 Å². The first kappa shape index (κ1) is 17.9. The van der Waals surface area contributed by atoms with Gasteiger partial charge in [-0.2, -0.15) is 0 Å². The van der Waals surface area contributed by atoms with Gasteiger partial charge in [0.1, 0.15) is 11.4 Å². The summed E-state index contributed by atoms with van der Waals surface area (Å²) >= 11 is 0. The van der Waals surface area contributed by atoms with Crippen molar-refractivity contribution >= 4 is 11.8 Å². The Balaban J connectivity index is 1.70. The molecule has 2 N–H and O–H groups in total. The lowest BCUT2D eigenvalue weighted by molar-refractivity contribution is 0.0702. The molecule has 3 rings (SSSR count). The summed E-state index contributed by atoms with van der Waals surface area (Å²) in [5.74, 6) is 0.450. The number of nitrogens with zero attached hydrogens (tertiary/aromatic N) is 2. The molecule has 1 aliphatic rings. The van der Waals surface area contributed by atoms with Gasteiger partial charge in [-0.1, -0.05) is 12.1 Å². The number of methoxy groups -OCH3 is 1. The number of hydrogen-bond acceptors (Lipinski definition) is 5. The van der Waals surface area contributed by atoms with E-state index in [1.165, 1.54) is 6.20 Å². The number of pyridine rings is 1. The number of carbonyl (C=O) groups excluding carboxylic acids is 2. The van der Waals surface area contributed by atoms with Crippen LogP contribution >= 0.6 is 0 Å². The van der Waals surface area contributed by atoms with Crippen molar-refractivity contribution in [1.82, 2.24) is 20.5 Å². The van der Waals surface area contributed by atoms with Crippen molar-refractivity contribution in [2.45, 2.75) is 6.04 Å². The maximum absolute atomic E-state index is 12.8. The molecular formula is C19H22N4O3. The zero-order chi connectivity index (χ0) is 18.5. The third kappa shape index (κ3) is 3.83. The molecule has 2 heterocycles. The van der Waals surface area contributed by atoms with Crippen LogP contribution in [0.15, 0.2) is 42.6 Å². The minimum Gasteiger partial charge on any atom is -0.497 e. The summed E-state index contributed by atoms with van der Waals surface area (Å²) in [6.45, 7) is 1.91. The van der Waals surface area contributed by atoms with Gasteiger partial charge < -0.3 is 20.3 Å². The molecule has 1 aliphatic heterocycles. The van der Waals surface area contributed by atoms with Crippen molar-refractivity contribution in [3.05, 3.63) is 59.4 Å². The van der Waals surface area contributed by atoms with Crippen LogP contribution in [0.1, 0.15) is 32.5 Å². The number of rotatable bonds is 4. The SMILES string of the molecule is CNC(=O)c1ccc(C(=O)N2CCNC(c3ccc(OC)cc3)C2)cn1. The van der Waals surface area contributed by atoms with Gasteiger partial charge in [-0.25, -0.2) is 0 Å². The number of nitrogens with one attached hydrogen (secondary N) is 2. The third-order valence-electron chi connectivity index (χ3n) is 4.45. The van der Waals surface area contributed by atoms with Gasteiger partial charge in [-0.05, 0) is 29.8 Å². The molecule has 0 bridgehead atoms. The van der Waals surface area contributed by atoms with Gasteiger partial charge in [-0.15, -0.1) is 0 Å². The second-order valence-corrected chi connectivity index (χ2v) is 6.04. The predicted molar refractivity (Wildman–Crippen MR) is 97.3 cm³/mol. The van der Waals surface area contributed by atoms with Gasteiger partial charge >= 0.3 is 0 Å². The Hall–Kier alpha value is -2.93. The van der Waals surface area contributed by atoms with Crippen molar-refractivity contribution < 1.29 is 14.3 Å². The fourth-order valence-corrected chi connectivity index (χ4v) is 2.96. The van der Waals surface area contributed by atoms with Gasteiger partial charge in [0.15, 0.2) is 0 Å². The molecular weight excluding hydrogens is 332 g/mol. The van der Waals surface area contributed by atoms with Crippen LogP contribution < -0.4 is 15.4 Å². The Bertz CT molecular complexity index is 774. The molecule has 1 saturated heterocycles. The molecule has 1 aromatic heterocycles. The lowest BCUT2D eigenvalue weighted by Gasteiger charge is -2.34. The monoisotopic (exact) mass is 354 g/mol. The van der Waals surface area contributed by atoms with Crippen LogP contribution in [0.25, 0.3) is 0 Å². The standard InChI is InChI=1S/C19H22N4O3/c1-20-18(24)16-8-5-14(11-22-16)19(25)23-10-9-21-17(12-23)13-3-6-15(26-2)7-4-13/h3-8,11,17,21H,9-10,12H2,1-2H3,(H,20,24). The molecule has 2 aromatic rings. The number of carbonyl (C=O) groups is 2. The zero-order valence-corrected chi connectivity index (χ0v) is 14.9. The summed E-state index contributed by atoms with van der Waals surface area (Å²) in [7, 11) is 3.18. The van der Waals surface area contributed by atoms with Gasteiger partial charge in [0.2, 0.25) is 0 Å². The van der Waals surface area contributed by atoms with Crippen LogP contribution in [0.3, 0.4) is 0 Å². The molecule has 0 saturated carbocycles. The maximum atomic E-state index is 12.8. The fourth-order valence-electron chi connectivity index (χ4n) is 2.96. The average molecular weight is 354 g/mol. The first-order valence-electron chi connectivity index (χ1n) is 8.47. The molecule has 0 radical (unpaired) electrons. The van der Waals surface area contributed by atoms with Crippen molar-refractivity contribution in [2.75, 3.05) is 33.8 Å². The summed E-state index contributed by atoms with van der Waals surface area (Å²) in [5, 5.41) is 5.95. The van der Waals surface area contributed by atoms with E-state index in [-0.39, 0.29) is 17.9 Å². The molecule has 1 atom stereocenters. The van der Waals surface area contributed by atoms with E-state index in [4.69, 9.17) is 4.74 Å². The first-order valence-corrected chi connectivity index (χ1v) is 8.47. The van der Waals surface area contributed by atoms with Crippen molar-refractivity contribution in [3.8, 4) is 5.75 Å². The summed E-state index contributed by atoms with van der Waals surface area (Å²) in [6, 6.07) is 11.1. The summed E-state index contributed by atoms with van der Waals surface area (Å²) in [5.41, 5.74) is 1.88. The normalized spacial score (nSPS) is 16.8. The molecule has 1 aromatic carbocycles. The Labute approximate surface area is 152 Å². The third-order valence-corrected chi connectivity index (χ3v) is 4.45. The van der Waals surface area contributed by atoms with E-state index < -0.39 is 0 Å². The average Bonchev–Trinajstić information content (AvgIpc) is 2.73. The van der Waals surface area contributed by atoms with Gasteiger partial charge in [0.25, 0.3) is 11.8 Å². The lowest BCUT2D eigenvalue weighted by atomic mass is 10.0. The highest BCUT2D eigenvalue weighted by molar-refractivity contribution is 5.96. The highest BCUT2D eigenvalue weighted by atomic mass is 16.5. The quantitative estimate of drug-likeness (QED) is 0.863. The fraction of sp³-hybridized carbons (Fsp3) is 0.316. The Kier molecular flexibility index (Phi) is 5.48. The van der Waals surface area contributed by atoms with Gasteiger partial charge in [0.05, 0.1) is 12.7 Å². The van der Waals surface area contributed by atoms with E-state index in [9.17, 15) is 9.59 Å². The van der Waals surface area contributed by atoms with E-state index in [1.807, 2.05) is 29.2 Å². The van der Waals surface area contributed by atoms with E-state index in [0.29, 0.717) is 30.9 Å². The highest BCUT2D eigenvalue weighted by Crippen LogP contribution is 2.21. The second-order valence-electron chi connectivity index (χ2n) is 6.04. The predicted octanol–water partition coefficient (Wildman–Crippen LogP) is 1.24. The lowest BCUT2D eigenvalue weighted by Crippen LogP contribution is -2.48. The molecule has 1 unspecified atom stereocenters. The van der Waals surface area contributed by atoms with Crippen LogP contribution in [0, 0.1) is 0 Å². The molecule has 7 heteroatoms. The Morgan fingerprint density at radius 2 is 2.00 bits per heavy atom. The van der Waals surface area contributed by atoms with E-state index in [2.05, 4.69) is 15.6 Å². The Morgan fingerprint density at radius 1 is 1.23 bits per heavy atom. The van der Waals surface area contributed by atoms with Crippen LogP contribution in [-0.2, 0) is 0 Å². The molecule has 7 nitrogen and oxygen atoms in total. The number of ether oxygens (including phenoxy) is 1. The second kappa shape index (κ2) is 7.97. The largest absolute Gasteiger partial charge is 0.497 e. The summed E-state index contributed by atoms with van der Waals surface area (Å²) in [6.07, 6.45) is 1.46. The zero-order valence-electron chi connectivity index (χ0n) is 14.9.